The second kappa shape index (κ2) is 3.97. The number of aromatic nitrogens is 2. The molecular formula is C13H13N3O. The quantitative estimate of drug-likeness (QED) is 0.748. The molecule has 4 nitrogen and oxygen atoms in total. The standard InChI is InChI=1S/C13H13N3O/c1-16(8-11-3-2-6-17-11)10-4-5-12-13(7-10)15-9-14-12/h2-7,9H,8H2,1H3,(H,14,15). The molecule has 1 aromatic carbocycles. The number of fused-ring (bicyclic) bond motifs is 1. The van der Waals surface area contributed by atoms with Gasteiger partial charge in [0.05, 0.1) is 30.2 Å². The Labute approximate surface area is 98.9 Å². The Morgan fingerprint density at radius 3 is 3.12 bits per heavy atom. The molecule has 4 heteroatoms. The van der Waals surface area contributed by atoms with Gasteiger partial charge in [-0.3, -0.25) is 0 Å². The van der Waals surface area contributed by atoms with E-state index in [2.05, 4.69) is 27.0 Å². The van der Waals surface area contributed by atoms with Crippen LogP contribution < -0.4 is 4.90 Å². The topological polar surface area (TPSA) is 45.1 Å². The maximum absolute atomic E-state index is 5.34. The van der Waals surface area contributed by atoms with E-state index in [4.69, 9.17) is 4.42 Å². The van der Waals surface area contributed by atoms with E-state index in [9.17, 15) is 0 Å². The van der Waals surface area contributed by atoms with Crippen molar-refractivity contribution in [3.63, 3.8) is 0 Å². The smallest absolute Gasteiger partial charge is 0.123 e. The molecular weight excluding hydrogens is 214 g/mol. The first-order valence-corrected chi connectivity index (χ1v) is 5.49. The highest BCUT2D eigenvalue weighted by Crippen LogP contribution is 2.20. The summed E-state index contributed by atoms with van der Waals surface area (Å²) in [6.07, 6.45) is 3.40. The van der Waals surface area contributed by atoms with Crippen LogP contribution in [-0.2, 0) is 6.54 Å². The first-order valence-electron chi connectivity index (χ1n) is 5.49. The summed E-state index contributed by atoms with van der Waals surface area (Å²) < 4.78 is 5.34. The van der Waals surface area contributed by atoms with Crippen LogP contribution in [0, 0.1) is 0 Å². The molecule has 2 heterocycles. The summed E-state index contributed by atoms with van der Waals surface area (Å²) in [6, 6.07) is 10.0. The summed E-state index contributed by atoms with van der Waals surface area (Å²) in [4.78, 5) is 9.45. The third-order valence-corrected chi connectivity index (χ3v) is 2.82. The van der Waals surface area contributed by atoms with Gasteiger partial charge in [0.1, 0.15) is 5.76 Å². The molecule has 1 N–H and O–H groups in total. The van der Waals surface area contributed by atoms with E-state index in [0.717, 1.165) is 29.0 Å². The molecule has 17 heavy (non-hydrogen) atoms. The van der Waals surface area contributed by atoms with Crippen LogP contribution in [0.4, 0.5) is 5.69 Å². The number of rotatable bonds is 3. The summed E-state index contributed by atoms with van der Waals surface area (Å²) in [5.41, 5.74) is 3.17. The Bertz CT molecular complexity index is 612. The Kier molecular flexibility index (Phi) is 2.33. The number of nitrogens with one attached hydrogen (secondary N) is 1. The second-order valence-electron chi connectivity index (χ2n) is 4.04. The molecule has 0 fully saturated rings. The van der Waals surface area contributed by atoms with Crippen molar-refractivity contribution in [3.05, 3.63) is 48.7 Å². The Morgan fingerprint density at radius 1 is 1.35 bits per heavy atom. The van der Waals surface area contributed by atoms with Gasteiger partial charge in [0, 0.05) is 12.7 Å². The summed E-state index contributed by atoms with van der Waals surface area (Å²) in [6.45, 7) is 0.757. The maximum Gasteiger partial charge on any atom is 0.123 e. The Balaban J connectivity index is 1.87. The van der Waals surface area contributed by atoms with Crippen LogP contribution in [0.25, 0.3) is 11.0 Å². The number of nitrogens with zero attached hydrogens (tertiary/aromatic N) is 2. The zero-order valence-corrected chi connectivity index (χ0v) is 9.55. The van der Waals surface area contributed by atoms with Crippen molar-refractivity contribution in [2.75, 3.05) is 11.9 Å². The van der Waals surface area contributed by atoms with E-state index in [0.29, 0.717) is 0 Å². The third-order valence-electron chi connectivity index (χ3n) is 2.82. The highest BCUT2D eigenvalue weighted by Gasteiger charge is 2.05. The lowest BCUT2D eigenvalue weighted by Crippen LogP contribution is -2.15. The van der Waals surface area contributed by atoms with E-state index >= 15 is 0 Å². The van der Waals surface area contributed by atoms with Gasteiger partial charge < -0.3 is 14.3 Å². The van der Waals surface area contributed by atoms with Crippen molar-refractivity contribution in [2.45, 2.75) is 6.54 Å². The zero-order valence-electron chi connectivity index (χ0n) is 9.55. The predicted molar refractivity (Wildman–Crippen MR) is 66.9 cm³/mol. The van der Waals surface area contributed by atoms with Crippen LogP contribution in [0.5, 0.6) is 0 Å². The molecule has 2 aromatic heterocycles. The summed E-state index contributed by atoms with van der Waals surface area (Å²) in [5.74, 6) is 0.956. The molecule has 0 radical (unpaired) electrons. The number of imidazole rings is 1. The number of H-pyrrole nitrogens is 1. The Morgan fingerprint density at radius 2 is 2.29 bits per heavy atom. The van der Waals surface area contributed by atoms with Crippen LogP contribution in [0.2, 0.25) is 0 Å². The molecule has 3 rings (SSSR count). The van der Waals surface area contributed by atoms with Gasteiger partial charge in [0.15, 0.2) is 0 Å². The van der Waals surface area contributed by atoms with E-state index in [-0.39, 0.29) is 0 Å². The van der Waals surface area contributed by atoms with Crippen LogP contribution in [0.3, 0.4) is 0 Å². The van der Waals surface area contributed by atoms with E-state index in [1.165, 1.54) is 0 Å². The fourth-order valence-corrected chi connectivity index (χ4v) is 1.89. The molecule has 0 saturated heterocycles. The van der Waals surface area contributed by atoms with Crippen LogP contribution in [0.1, 0.15) is 5.76 Å². The van der Waals surface area contributed by atoms with Gasteiger partial charge in [0.25, 0.3) is 0 Å². The van der Waals surface area contributed by atoms with Gasteiger partial charge in [-0.2, -0.15) is 0 Å². The highest BCUT2D eigenvalue weighted by molar-refractivity contribution is 5.78. The summed E-state index contributed by atoms with van der Waals surface area (Å²) >= 11 is 0. The fourth-order valence-electron chi connectivity index (χ4n) is 1.89. The summed E-state index contributed by atoms with van der Waals surface area (Å²) in [7, 11) is 2.04. The number of hydrogen-bond acceptors (Lipinski definition) is 3. The predicted octanol–water partition coefficient (Wildman–Crippen LogP) is 2.79. The minimum absolute atomic E-state index is 0.757. The number of aromatic amines is 1. The fraction of sp³-hybridized carbons (Fsp3) is 0.154. The third kappa shape index (κ3) is 1.89. The van der Waals surface area contributed by atoms with Crippen LogP contribution in [-0.4, -0.2) is 17.0 Å². The molecule has 3 aromatic rings. The largest absolute Gasteiger partial charge is 0.467 e. The maximum atomic E-state index is 5.34. The van der Waals surface area contributed by atoms with Crippen molar-refractivity contribution in [3.8, 4) is 0 Å². The minimum atomic E-state index is 0.757. The van der Waals surface area contributed by atoms with Gasteiger partial charge in [-0.1, -0.05) is 0 Å². The number of anilines is 1. The monoisotopic (exact) mass is 227 g/mol. The molecule has 0 amide bonds. The second-order valence-corrected chi connectivity index (χ2v) is 4.04. The average Bonchev–Trinajstić information content (AvgIpc) is 2.97. The summed E-state index contributed by atoms with van der Waals surface area (Å²) in [5, 5.41) is 0. The van der Waals surface area contributed by atoms with Crippen molar-refractivity contribution in [2.24, 2.45) is 0 Å². The van der Waals surface area contributed by atoms with Crippen molar-refractivity contribution in [1.82, 2.24) is 9.97 Å². The van der Waals surface area contributed by atoms with E-state index < -0.39 is 0 Å². The molecule has 0 bridgehead atoms. The lowest BCUT2D eigenvalue weighted by atomic mass is 10.2. The molecule has 86 valence electrons. The molecule has 0 aliphatic heterocycles. The molecule has 0 spiro atoms. The lowest BCUT2D eigenvalue weighted by molar-refractivity contribution is 0.507. The van der Waals surface area contributed by atoms with Gasteiger partial charge >= 0.3 is 0 Å². The molecule has 0 aliphatic rings. The van der Waals surface area contributed by atoms with Crippen LogP contribution >= 0.6 is 0 Å². The number of hydrogen-bond donors (Lipinski definition) is 1. The van der Waals surface area contributed by atoms with Crippen molar-refractivity contribution < 1.29 is 4.42 Å². The zero-order chi connectivity index (χ0) is 11.7. The molecule has 0 unspecified atom stereocenters. The SMILES string of the molecule is CN(Cc1ccco1)c1ccc2nc[nH]c2c1. The normalized spacial score (nSPS) is 10.9. The molecule has 0 aliphatic carbocycles. The van der Waals surface area contributed by atoms with Gasteiger partial charge in [0.2, 0.25) is 0 Å². The lowest BCUT2D eigenvalue weighted by Gasteiger charge is -2.17. The number of benzene rings is 1. The molecule has 0 atom stereocenters. The van der Waals surface area contributed by atoms with Gasteiger partial charge in [-0.15, -0.1) is 0 Å². The first kappa shape index (κ1) is 9.96. The van der Waals surface area contributed by atoms with Crippen molar-refractivity contribution in [1.29, 1.82) is 0 Å². The first-order chi connectivity index (χ1) is 8.33. The van der Waals surface area contributed by atoms with Crippen molar-refractivity contribution >= 4 is 16.7 Å². The number of furan rings is 1. The minimum Gasteiger partial charge on any atom is -0.467 e. The van der Waals surface area contributed by atoms with E-state index in [1.54, 1.807) is 12.6 Å². The molecule has 0 saturated carbocycles. The van der Waals surface area contributed by atoms with Crippen LogP contribution in [0.15, 0.2) is 47.3 Å². The van der Waals surface area contributed by atoms with Gasteiger partial charge in [-0.25, -0.2) is 4.98 Å². The average molecular weight is 227 g/mol. The van der Waals surface area contributed by atoms with E-state index in [1.807, 2.05) is 25.2 Å². The van der Waals surface area contributed by atoms with Gasteiger partial charge in [-0.05, 0) is 30.3 Å². The Hall–Kier alpha value is -2.23. The highest BCUT2D eigenvalue weighted by atomic mass is 16.3.